The highest BCUT2D eigenvalue weighted by Crippen LogP contribution is 2.23. The SMILES string of the molecule is CNN1C[C@@H]2CC[C@H]1CO2. The van der Waals surface area contributed by atoms with Gasteiger partial charge in [0.1, 0.15) is 0 Å². The van der Waals surface area contributed by atoms with Crippen molar-refractivity contribution in [3.63, 3.8) is 0 Å². The fourth-order valence-electron chi connectivity index (χ4n) is 1.82. The van der Waals surface area contributed by atoms with Crippen LogP contribution in [0.5, 0.6) is 0 Å². The minimum atomic E-state index is 0.498. The monoisotopic (exact) mass is 142 g/mol. The molecular formula is C7H14N2O. The van der Waals surface area contributed by atoms with E-state index in [1.165, 1.54) is 12.8 Å². The van der Waals surface area contributed by atoms with E-state index in [1.807, 2.05) is 7.05 Å². The molecule has 0 amide bonds. The molecule has 0 saturated carbocycles. The van der Waals surface area contributed by atoms with E-state index in [9.17, 15) is 0 Å². The van der Waals surface area contributed by atoms with Crippen LogP contribution in [0.4, 0.5) is 0 Å². The lowest BCUT2D eigenvalue weighted by Gasteiger charge is -2.44. The molecule has 0 unspecified atom stereocenters. The highest BCUT2D eigenvalue weighted by atomic mass is 16.5. The molecule has 0 aromatic heterocycles. The van der Waals surface area contributed by atoms with E-state index in [4.69, 9.17) is 4.74 Å². The Bertz CT molecular complexity index is 121. The summed E-state index contributed by atoms with van der Waals surface area (Å²) in [5.41, 5.74) is 3.19. The second kappa shape index (κ2) is 2.49. The summed E-state index contributed by atoms with van der Waals surface area (Å²) >= 11 is 0. The average molecular weight is 142 g/mol. The molecule has 3 nitrogen and oxygen atoms in total. The Morgan fingerprint density at radius 3 is 2.70 bits per heavy atom. The molecule has 3 aliphatic heterocycles. The molecule has 1 N–H and O–H groups in total. The lowest BCUT2D eigenvalue weighted by atomic mass is 9.99. The Morgan fingerprint density at radius 1 is 1.50 bits per heavy atom. The Kier molecular flexibility index (Phi) is 1.64. The number of hydrazine groups is 1. The Hall–Kier alpha value is -0.120. The molecular weight excluding hydrogens is 128 g/mol. The molecule has 58 valence electrons. The van der Waals surface area contributed by atoms with Crippen LogP contribution in [0, 0.1) is 0 Å². The predicted molar refractivity (Wildman–Crippen MR) is 38.5 cm³/mol. The van der Waals surface area contributed by atoms with Gasteiger partial charge in [-0.2, -0.15) is 0 Å². The number of fused-ring (bicyclic) bond motifs is 3. The highest BCUT2D eigenvalue weighted by Gasteiger charge is 2.33. The summed E-state index contributed by atoms with van der Waals surface area (Å²) in [7, 11) is 1.99. The summed E-state index contributed by atoms with van der Waals surface area (Å²) in [5, 5.41) is 2.29. The van der Waals surface area contributed by atoms with Crippen LogP contribution in [0.25, 0.3) is 0 Å². The van der Waals surface area contributed by atoms with Crippen LogP contribution < -0.4 is 5.43 Å². The van der Waals surface area contributed by atoms with Crippen molar-refractivity contribution in [1.29, 1.82) is 0 Å². The lowest BCUT2D eigenvalue weighted by Crippen LogP contribution is -2.58. The number of nitrogens with zero attached hydrogens (tertiary/aromatic N) is 1. The van der Waals surface area contributed by atoms with E-state index < -0.39 is 0 Å². The number of hydrogen-bond acceptors (Lipinski definition) is 3. The van der Waals surface area contributed by atoms with E-state index >= 15 is 0 Å². The van der Waals surface area contributed by atoms with Gasteiger partial charge >= 0.3 is 0 Å². The first-order valence-corrected chi connectivity index (χ1v) is 3.96. The zero-order valence-electron chi connectivity index (χ0n) is 6.34. The molecule has 0 aromatic rings. The van der Waals surface area contributed by atoms with Crippen molar-refractivity contribution in [3.8, 4) is 0 Å². The highest BCUT2D eigenvalue weighted by molar-refractivity contribution is 4.84. The molecule has 2 atom stereocenters. The van der Waals surface area contributed by atoms with E-state index in [2.05, 4.69) is 10.4 Å². The van der Waals surface area contributed by atoms with Crippen LogP contribution >= 0.6 is 0 Å². The fraction of sp³-hybridized carbons (Fsp3) is 1.00. The van der Waals surface area contributed by atoms with Crippen LogP contribution in [0.2, 0.25) is 0 Å². The normalized spacial score (nSPS) is 40.5. The van der Waals surface area contributed by atoms with Gasteiger partial charge in [-0.05, 0) is 19.9 Å². The van der Waals surface area contributed by atoms with Crippen LogP contribution in [0.1, 0.15) is 12.8 Å². The molecule has 0 aliphatic carbocycles. The zero-order chi connectivity index (χ0) is 6.97. The van der Waals surface area contributed by atoms with Gasteiger partial charge in [0.15, 0.2) is 0 Å². The second-order valence-corrected chi connectivity index (χ2v) is 3.06. The average Bonchev–Trinajstić information content (AvgIpc) is 2.06. The van der Waals surface area contributed by atoms with Gasteiger partial charge in [-0.1, -0.05) is 0 Å². The smallest absolute Gasteiger partial charge is 0.0717 e. The van der Waals surface area contributed by atoms with Gasteiger partial charge in [0.05, 0.1) is 12.7 Å². The lowest BCUT2D eigenvalue weighted by molar-refractivity contribution is -0.121. The Morgan fingerprint density at radius 2 is 2.40 bits per heavy atom. The molecule has 3 fully saturated rings. The quantitative estimate of drug-likeness (QED) is 0.557. The molecule has 2 bridgehead atoms. The summed E-state index contributed by atoms with van der Waals surface area (Å²) in [5.74, 6) is 0. The van der Waals surface area contributed by atoms with Gasteiger partial charge in [-0.25, -0.2) is 5.01 Å². The third-order valence-corrected chi connectivity index (χ3v) is 2.47. The van der Waals surface area contributed by atoms with E-state index in [1.54, 1.807) is 0 Å². The molecule has 3 saturated heterocycles. The van der Waals surface area contributed by atoms with Crippen LogP contribution in [-0.2, 0) is 4.74 Å². The fourth-order valence-corrected chi connectivity index (χ4v) is 1.82. The van der Waals surface area contributed by atoms with Crippen LogP contribution in [-0.4, -0.2) is 37.4 Å². The number of hydrogen-bond donors (Lipinski definition) is 1. The summed E-state index contributed by atoms with van der Waals surface area (Å²) in [6.07, 6.45) is 3.05. The largest absolute Gasteiger partial charge is 0.375 e. The minimum absolute atomic E-state index is 0.498. The van der Waals surface area contributed by atoms with Crippen molar-refractivity contribution in [2.24, 2.45) is 0 Å². The topological polar surface area (TPSA) is 24.5 Å². The molecule has 0 spiro atoms. The van der Waals surface area contributed by atoms with E-state index in [-0.39, 0.29) is 0 Å². The van der Waals surface area contributed by atoms with Crippen molar-refractivity contribution in [3.05, 3.63) is 0 Å². The Labute approximate surface area is 61.3 Å². The number of nitrogens with one attached hydrogen (secondary N) is 1. The summed E-state index contributed by atoms with van der Waals surface area (Å²) in [6.45, 7) is 1.99. The third-order valence-electron chi connectivity index (χ3n) is 2.47. The van der Waals surface area contributed by atoms with Gasteiger partial charge in [0.2, 0.25) is 0 Å². The summed E-state index contributed by atoms with van der Waals surface area (Å²) in [6, 6.07) is 0.634. The van der Waals surface area contributed by atoms with Gasteiger partial charge in [0.25, 0.3) is 0 Å². The summed E-state index contributed by atoms with van der Waals surface area (Å²) < 4.78 is 5.53. The molecule has 0 aromatic carbocycles. The maximum atomic E-state index is 5.53. The minimum Gasteiger partial charge on any atom is -0.375 e. The second-order valence-electron chi connectivity index (χ2n) is 3.06. The first-order valence-electron chi connectivity index (χ1n) is 3.96. The maximum Gasteiger partial charge on any atom is 0.0717 e. The molecule has 0 radical (unpaired) electrons. The standard InChI is InChI=1S/C7H14N2O/c1-8-9-4-7-3-2-6(9)5-10-7/h6-8H,2-5H2,1H3/t6-,7-/m0/s1. The summed E-state index contributed by atoms with van der Waals surface area (Å²) in [4.78, 5) is 0. The molecule has 3 heteroatoms. The van der Waals surface area contributed by atoms with Gasteiger partial charge < -0.3 is 4.74 Å². The van der Waals surface area contributed by atoms with Crippen molar-refractivity contribution in [2.45, 2.75) is 25.0 Å². The van der Waals surface area contributed by atoms with E-state index in [0.29, 0.717) is 12.1 Å². The van der Waals surface area contributed by atoms with Gasteiger partial charge in [-0.3, -0.25) is 5.43 Å². The van der Waals surface area contributed by atoms with Crippen molar-refractivity contribution in [1.82, 2.24) is 10.4 Å². The van der Waals surface area contributed by atoms with E-state index in [0.717, 1.165) is 13.2 Å². The van der Waals surface area contributed by atoms with Crippen molar-refractivity contribution < 1.29 is 4.74 Å². The number of ether oxygens (including phenoxy) is 1. The number of morpholine rings is 1. The zero-order valence-corrected chi connectivity index (χ0v) is 6.34. The number of piperidine rings is 1. The molecule has 3 aliphatic rings. The first-order chi connectivity index (χ1) is 4.90. The predicted octanol–water partition coefficient (Wildman–Crippen LogP) is -0.0160. The Balaban J connectivity index is 2.01. The van der Waals surface area contributed by atoms with Crippen molar-refractivity contribution >= 4 is 0 Å². The van der Waals surface area contributed by atoms with Gasteiger partial charge in [-0.15, -0.1) is 0 Å². The first kappa shape index (κ1) is 6.58. The maximum absolute atomic E-state index is 5.53. The molecule has 3 heterocycles. The number of rotatable bonds is 1. The molecule has 10 heavy (non-hydrogen) atoms. The van der Waals surface area contributed by atoms with Crippen molar-refractivity contribution in [2.75, 3.05) is 20.2 Å². The molecule has 3 rings (SSSR count). The van der Waals surface area contributed by atoms with Gasteiger partial charge in [0, 0.05) is 12.6 Å². The van der Waals surface area contributed by atoms with Crippen LogP contribution in [0.3, 0.4) is 0 Å². The third kappa shape index (κ3) is 0.944. The van der Waals surface area contributed by atoms with Crippen LogP contribution in [0.15, 0.2) is 0 Å².